The van der Waals surface area contributed by atoms with Crippen LogP contribution in [0.5, 0.6) is 0 Å². The van der Waals surface area contributed by atoms with Crippen molar-refractivity contribution in [3.63, 3.8) is 0 Å². The molecule has 0 aliphatic carbocycles. The van der Waals surface area contributed by atoms with Crippen molar-refractivity contribution in [2.24, 2.45) is 0 Å². The number of rotatable bonds is 7. The molecule has 0 saturated heterocycles. The minimum Gasteiger partial charge on any atom is -0.387 e. The molecule has 2 N–H and O–H groups in total. The number of aliphatic hydroxyl groups is 2. The van der Waals surface area contributed by atoms with Gasteiger partial charge in [0.25, 0.3) is 0 Å². The normalized spacial score (nSPS) is 20.1. The molecule has 0 aliphatic rings. The third-order valence-electron chi connectivity index (χ3n) is 3.36. The average Bonchev–Trinajstić information content (AvgIpc) is 2.18. The summed E-state index contributed by atoms with van der Waals surface area (Å²) in [4.78, 5) is 0. The van der Waals surface area contributed by atoms with Gasteiger partial charge in [-0.25, -0.2) is 0 Å². The molecule has 0 spiro atoms. The maximum atomic E-state index is 10.4. The van der Waals surface area contributed by atoms with E-state index >= 15 is 0 Å². The van der Waals surface area contributed by atoms with Crippen molar-refractivity contribution < 1.29 is 10.2 Å². The van der Waals surface area contributed by atoms with Gasteiger partial charge in [-0.3, -0.25) is 0 Å². The van der Waals surface area contributed by atoms with Gasteiger partial charge >= 0.3 is 0 Å². The summed E-state index contributed by atoms with van der Waals surface area (Å²) in [6, 6.07) is 0. The fraction of sp³-hybridized carbons (Fsp3) is 1.00. The van der Waals surface area contributed by atoms with Gasteiger partial charge in [-0.15, -0.1) is 0 Å². The molecule has 0 amide bonds. The van der Waals surface area contributed by atoms with Crippen LogP contribution in [0.3, 0.4) is 0 Å². The molecule has 14 heavy (non-hydrogen) atoms. The van der Waals surface area contributed by atoms with E-state index in [1.54, 1.807) is 0 Å². The van der Waals surface area contributed by atoms with E-state index in [1.807, 2.05) is 27.7 Å². The summed E-state index contributed by atoms with van der Waals surface area (Å²) in [7, 11) is 0. The molecule has 0 heterocycles. The van der Waals surface area contributed by atoms with Crippen LogP contribution >= 0.6 is 0 Å². The first-order valence-corrected chi connectivity index (χ1v) is 5.94. The van der Waals surface area contributed by atoms with Crippen molar-refractivity contribution >= 4 is 0 Å². The van der Waals surface area contributed by atoms with Crippen LogP contribution in [-0.2, 0) is 0 Å². The van der Waals surface area contributed by atoms with Crippen LogP contribution in [0.2, 0.25) is 0 Å². The minimum atomic E-state index is -0.896. The molecule has 2 atom stereocenters. The van der Waals surface area contributed by atoms with Crippen LogP contribution in [0.15, 0.2) is 0 Å². The number of hydrogen-bond acceptors (Lipinski definition) is 2. The molecule has 86 valence electrons. The maximum Gasteiger partial charge on any atom is 0.0930 e. The molecule has 0 aromatic rings. The number of hydrogen-bond donors (Lipinski definition) is 2. The third-order valence-corrected chi connectivity index (χ3v) is 3.36. The molecule has 0 bridgehead atoms. The standard InChI is InChI=1S/C12H26O2/c1-5-9-11(13,7-3)12(14,8-4)10-6-2/h13-14H,5-10H2,1-4H3. The summed E-state index contributed by atoms with van der Waals surface area (Å²) in [5.74, 6) is 0. The summed E-state index contributed by atoms with van der Waals surface area (Å²) in [6.45, 7) is 7.99. The van der Waals surface area contributed by atoms with Crippen LogP contribution in [0.1, 0.15) is 66.2 Å². The lowest BCUT2D eigenvalue weighted by atomic mass is 9.73. The average molecular weight is 202 g/mol. The van der Waals surface area contributed by atoms with Crippen molar-refractivity contribution in [1.82, 2.24) is 0 Å². The van der Waals surface area contributed by atoms with Crippen LogP contribution in [-0.4, -0.2) is 21.4 Å². The molecule has 0 aromatic carbocycles. The first kappa shape index (κ1) is 13.9. The largest absolute Gasteiger partial charge is 0.387 e. The van der Waals surface area contributed by atoms with Crippen molar-refractivity contribution in [3.8, 4) is 0 Å². The van der Waals surface area contributed by atoms with Gasteiger partial charge in [0.15, 0.2) is 0 Å². The Balaban J connectivity index is 4.73. The molecule has 0 aromatic heterocycles. The highest BCUT2D eigenvalue weighted by Gasteiger charge is 2.44. The molecule has 2 heteroatoms. The van der Waals surface area contributed by atoms with Gasteiger partial charge in [0.05, 0.1) is 11.2 Å². The fourth-order valence-corrected chi connectivity index (χ4v) is 2.30. The maximum absolute atomic E-state index is 10.4. The molecule has 0 saturated carbocycles. The molecule has 0 radical (unpaired) electrons. The van der Waals surface area contributed by atoms with E-state index in [2.05, 4.69) is 0 Å². The third kappa shape index (κ3) is 2.71. The highest BCUT2D eigenvalue weighted by Crippen LogP contribution is 2.36. The van der Waals surface area contributed by atoms with Crippen molar-refractivity contribution in [2.45, 2.75) is 77.4 Å². The molecular formula is C12H26O2. The van der Waals surface area contributed by atoms with Gasteiger partial charge in [0.2, 0.25) is 0 Å². The highest BCUT2D eigenvalue weighted by molar-refractivity contribution is 4.97. The lowest BCUT2D eigenvalue weighted by molar-refractivity contribution is -0.164. The minimum absolute atomic E-state index is 0.630. The van der Waals surface area contributed by atoms with Crippen molar-refractivity contribution in [1.29, 1.82) is 0 Å². The van der Waals surface area contributed by atoms with E-state index in [9.17, 15) is 10.2 Å². The second kappa shape index (κ2) is 5.72. The Hall–Kier alpha value is -0.0800. The monoisotopic (exact) mass is 202 g/mol. The highest BCUT2D eigenvalue weighted by atomic mass is 16.4. The van der Waals surface area contributed by atoms with E-state index in [4.69, 9.17) is 0 Å². The zero-order chi connectivity index (χ0) is 11.2. The van der Waals surface area contributed by atoms with Gasteiger partial charge in [-0.2, -0.15) is 0 Å². The summed E-state index contributed by atoms with van der Waals surface area (Å²) in [5, 5.41) is 20.8. The Morgan fingerprint density at radius 1 is 0.714 bits per heavy atom. The van der Waals surface area contributed by atoms with E-state index in [0.717, 1.165) is 12.8 Å². The van der Waals surface area contributed by atoms with E-state index in [0.29, 0.717) is 25.7 Å². The molecule has 0 rings (SSSR count). The predicted molar refractivity (Wildman–Crippen MR) is 60.3 cm³/mol. The lowest BCUT2D eigenvalue weighted by Crippen LogP contribution is -2.53. The van der Waals surface area contributed by atoms with Crippen LogP contribution in [0.25, 0.3) is 0 Å². The van der Waals surface area contributed by atoms with Crippen LogP contribution in [0.4, 0.5) is 0 Å². The lowest BCUT2D eigenvalue weighted by Gasteiger charge is -2.43. The molecule has 2 nitrogen and oxygen atoms in total. The van der Waals surface area contributed by atoms with Gasteiger partial charge in [-0.1, -0.05) is 40.5 Å². The Morgan fingerprint density at radius 2 is 1.00 bits per heavy atom. The summed E-state index contributed by atoms with van der Waals surface area (Å²) in [6.07, 6.45) is 4.46. The second-order valence-electron chi connectivity index (χ2n) is 4.27. The van der Waals surface area contributed by atoms with Crippen LogP contribution < -0.4 is 0 Å². The predicted octanol–water partition coefficient (Wildman–Crippen LogP) is 2.87. The van der Waals surface area contributed by atoms with Crippen molar-refractivity contribution in [3.05, 3.63) is 0 Å². The zero-order valence-electron chi connectivity index (χ0n) is 10.1. The topological polar surface area (TPSA) is 40.5 Å². The zero-order valence-corrected chi connectivity index (χ0v) is 10.1. The summed E-state index contributed by atoms with van der Waals surface area (Å²) < 4.78 is 0. The Bertz CT molecular complexity index is 140. The quantitative estimate of drug-likeness (QED) is 0.666. The van der Waals surface area contributed by atoms with Gasteiger partial charge in [0.1, 0.15) is 0 Å². The summed E-state index contributed by atoms with van der Waals surface area (Å²) >= 11 is 0. The Labute approximate surface area is 88.3 Å². The molecular weight excluding hydrogens is 176 g/mol. The molecule has 2 unspecified atom stereocenters. The fourth-order valence-electron chi connectivity index (χ4n) is 2.30. The molecule has 0 aliphatic heterocycles. The van der Waals surface area contributed by atoms with E-state index in [-0.39, 0.29) is 0 Å². The summed E-state index contributed by atoms with van der Waals surface area (Å²) in [5.41, 5.74) is -1.79. The van der Waals surface area contributed by atoms with Crippen LogP contribution in [0, 0.1) is 0 Å². The van der Waals surface area contributed by atoms with Gasteiger partial charge in [0, 0.05) is 0 Å². The Kier molecular flexibility index (Phi) is 5.68. The van der Waals surface area contributed by atoms with Gasteiger partial charge < -0.3 is 10.2 Å². The second-order valence-corrected chi connectivity index (χ2v) is 4.27. The first-order valence-electron chi connectivity index (χ1n) is 5.94. The van der Waals surface area contributed by atoms with Crippen molar-refractivity contribution in [2.75, 3.05) is 0 Å². The molecule has 0 fully saturated rings. The van der Waals surface area contributed by atoms with E-state index in [1.165, 1.54) is 0 Å². The Morgan fingerprint density at radius 3 is 1.14 bits per heavy atom. The first-order chi connectivity index (χ1) is 6.49. The SMILES string of the molecule is CCCC(O)(CC)C(O)(CC)CCC. The smallest absolute Gasteiger partial charge is 0.0930 e. The van der Waals surface area contributed by atoms with E-state index < -0.39 is 11.2 Å². The van der Waals surface area contributed by atoms with Gasteiger partial charge in [-0.05, 0) is 25.7 Å².